The average Bonchev–Trinajstić information content (AvgIpc) is 2.44. The number of carboxylic acids is 1. The smallest absolute Gasteiger partial charge is 0.341 e. The molecule has 2 N–H and O–H groups in total. The van der Waals surface area contributed by atoms with Crippen molar-refractivity contribution >= 4 is 22.6 Å². The lowest BCUT2D eigenvalue weighted by atomic mass is 10.1. The number of hydrogen-bond acceptors (Lipinski definition) is 4. The van der Waals surface area contributed by atoms with Crippen LogP contribution in [0.25, 0.3) is 10.9 Å². The molecular formula is C14H13FN2O4. The van der Waals surface area contributed by atoms with Crippen LogP contribution in [-0.2, 0) is 0 Å². The molecule has 21 heavy (non-hydrogen) atoms. The summed E-state index contributed by atoms with van der Waals surface area (Å²) in [4.78, 5) is 23.4. The minimum atomic E-state index is -1.33. The van der Waals surface area contributed by atoms with Gasteiger partial charge in [0.1, 0.15) is 17.9 Å². The molecule has 1 aromatic carbocycles. The summed E-state index contributed by atoms with van der Waals surface area (Å²) >= 11 is 0. The van der Waals surface area contributed by atoms with Crippen LogP contribution in [0.5, 0.6) is 5.75 Å². The van der Waals surface area contributed by atoms with E-state index in [-0.39, 0.29) is 35.0 Å². The number of benzene rings is 1. The minimum Gasteiger partial charge on any atom is -0.487 e. The van der Waals surface area contributed by atoms with Gasteiger partial charge in [0.2, 0.25) is 5.43 Å². The molecule has 6 nitrogen and oxygen atoms in total. The van der Waals surface area contributed by atoms with Crippen molar-refractivity contribution in [1.29, 1.82) is 0 Å². The molecule has 110 valence electrons. The number of nitrogens with one attached hydrogen (secondary N) is 1. The Morgan fingerprint density at radius 3 is 2.90 bits per heavy atom. The van der Waals surface area contributed by atoms with Gasteiger partial charge in [-0.25, -0.2) is 9.18 Å². The van der Waals surface area contributed by atoms with Crippen molar-refractivity contribution in [1.82, 2.24) is 4.57 Å². The maximum atomic E-state index is 14.1. The molecule has 1 unspecified atom stereocenters. The van der Waals surface area contributed by atoms with Crippen molar-refractivity contribution in [2.24, 2.45) is 0 Å². The molecular weight excluding hydrogens is 279 g/mol. The van der Waals surface area contributed by atoms with Gasteiger partial charge in [-0.1, -0.05) is 0 Å². The molecule has 0 bridgehead atoms. The Balaban J connectivity index is 2.55. The molecule has 0 saturated heterocycles. The normalized spacial score (nSPS) is 16.6. The Hall–Kier alpha value is -2.57. The van der Waals surface area contributed by atoms with E-state index in [1.54, 1.807) is 11.6 Å². The van der Waals surface area contributed by atoms with Crippen molar-refractivity contribution in [2.75, 3.05) is 19.0 Å². The Morgan fingerprint density at radius 1 is 1.57 bits per heavy atom. The summed E-state index contributed by atoms with van der Waals surface area (Å²) in [6, 6.07) is 0.894. The second-order valence-corrected chi connectivity index (χ2v) is 4.95. The third-order valence-electron chi connectivity index (χ3n) is 3.65. The van der Waals surface area contributed by atoms with Crippen molar-refractivity contribution < 1.29 is 19.0 Å². The predicted octanol–water partition coefficient (Wildman–Crippen LogP) is 1.83. The van der Waals surface area contributed by atoms with E-state index in [4.69, 9.17) is 9.84 Å². The molecule has 7 heteroatoms. The number of pyridine rings is 1. The van der Waals surface area contributed by atoms with Gasteiger partial charge >= 0.3 is 5.97 Å². The molecule has 0 radical (unpaired) electrons. The summed E-state index contributed by atoms with van der Waals surface area (Å²) in [5, 5.41) is 11.9. The predicted molar refractivity (Wildman–Crippen MR) is 74.9 cm³/mol. The van der Waals surface area contributed by atoms with Crippen LogP contribution >= 0.6 is 0 Å². The van der Waals surface area contributed by atoms with Crippen LogP contribution in [0.3, 0.4) is 0 Å². The first-order chi connectivity index (χ1) is 9.95. The monoisotopic (exact) mass is 292 g/mol. The van der Waals surface area contributed by atoms with Gasteiger partial charge < -0.3 is 19.7 Å². The number of anilines is 1. The molecule has 3 rings (SSSR count). The van der Waals surface area contributed by atoms with E-state index < -0.39 is 17.2 Å². The summed E-state index contributed by atoms with van der Waals surface area (Å²) in [6.07, 6.45) is 1.29. The maximum absolute atomic E-state index is 14.1. The fourth-order valence-electron chi connectivity index (χ4n) is 2.61. The Morgan fingerprint density at radius 2 is 2.29 bits per heavy atom. The number of nitrogens with zero attached hydrogens (tertiary/aromatic N) is 1. The Bertz CT molecular complexity index is 828. The van der Waals surface area contributed by atoms with Crippen LogP contribution in [0.2, 0.25) is 0 Å². The summed E-state index contributed by atoms with van der Waals surface area (Å²) in [5.74, 6) is -1.75. The number of rotatable bonds is 2. The van der Waals surface area contributed by atoms with Gasteiger partial charge in [-0.3, -0.25) is 4.79 Å². The highest BCUT2D eigenvalue weighted by atomic mass is 19.1. The summed E-state index contributed by atoms with van der Waals surface area (Å²) in [5.41, 5.74) is -0.520. The van der Waals surface area contributed by atoms with Gasteiger partial charge in [-0.2, -0.15) is 0 Å². The molecule has 0 aliphatic carbocycles. The average molecular weight is 292 g/mol. The van der Waals surface area contributed by atoms with E-state index in [1.807, 2.05) is 6.92 Å². The van der Waals surface area contributed by atoms with Crippen molar-refractivity contribution in [3.8, 4) is 5.75 Å². The number of aromatic nitrogens is 1. The summed E-state index contributed by atoms with van der Waals surface area (Å²) in [6.45, 7) is 2.10. The van der Waals surface area contributed by atoms with Crippen LogP contribution < -0.4 is 15.5 Å². The first kappa shape index (κ1) is 13.4. The van der Waals surface area contributed by atoms with Crippen molar-refractivity contribution in [3.05, 3.63) is 33.9 Å². The topological polar surface area (TPSA) is 80.6 Å². The van der Waals surface area contributed by atoms with Gasteiger partial charge in [-0.15, -0.1) is 0 Å². The quantitative estimate of drug-likeness (QED) is 0.882. The molecule has 2 aromatic rings. The molecule has 0 fully saturated rings. The molecule has 1 aromatic heterocycles. The van der Waals surface area contributed by atoms with E-state index in [0.717, 1.165) is 6.07 Å². The third kappa shape index (κ3) is 1.77. The summed E-state index contributed by atoms with van der Waals surface area (Å²) < 4.78 is 21.3. The fraction of sp³-hybridized carbons (Fsp3) is 0.286. The van der Waals surface area contributed by atoms with E-state index in [2.05, 4.69) is 5.32 Å². The van der Waals surface area contributed by atoms with Gasteiger partial charge in [0.05, 0.1) is 16.9 Å². The highest BCUT2D eigenvalue weighted by molar-refractivity contribution is 5.97. The SMILES string of the molecule is CNc1c(F)cc2c(=O)c(C(=O)O)cn3c2c1OCC3C. The fourth-order valence-corrected chi connectivity index (χ4v) is 2.61. The zero-order valence-corrected chi connectivity index (χ0v) is 11.4. The lowest BCUT2D eigenvalue weighted by Crippen LogP contribution is -2.27. The largest absolute Gasteiger partial charge is 0.487 e. The molecule has 1 aliphatic heterocycles. The number of carboxylic acid groups (broad SMARTS) is 1. The molecule has 0 spiro atoms. The number of ether oxygens (including phenoxy) is 1. The lowest BCUT2D eigenvalue weighted by molar-refractivity contribution is 0.0694. The third-order valence-corrected chi connectivity index (χ3v) is 3.65. The summed E-state index contributed by atoms with van der Waals surface area (Å²) in [7, 11) is 1.55. The van der Waals surface area contributed by atoms with E-state index >= 15 is 0 Å². The maximum Gasteiger partial charge on any atom is 0.341 e. The highest BCUT2D eigenvalue weighted by Crippen LogP contribution is 2.39. The van der Waals surface area contributed by atoms with Crippen LogP contribution in [0.15, 0.2) is 17.1 Å². The second-order valence-electron chi connectivity index (χ2n) is 4.95. The van der Waals surface area contributed by atoms with Gasteiger partial charge in [0.15, 0.2) is 11.6 Å². The number of halogens is 1. The van der Waals surface area contributed by atoms with Gasteiger partial charge in [0.25, 0.3) is 0 Å². The van der Waals surface area contributed by atoms with Gasteiger partial charge in [-0.05, 0) is 13.0 Å². The van der Waals surface area contributed by atoms with Crippen molar-refractivity contribution in [2.45, 2.75) is 13.0 Å². The highest BCUT2D eigenvalue weighted by Gasteiger charge is 2.27. The van der Waals surface area contributed by atoms with Crippen LogP contribution in [-0.4, -0.2) is 29.3 Å². The standard InChI is InChI=1S/C14H13FN2O4/c1-6-5-21-13-10(16-2)9(15)3-7-11(13)17(6)4-8(12(7)18)14(19)20/h3-4,6,16H,5H2,1-2H3,(H,19,20). The molecule has 1 aliphatic rings. The zero-order chi connectivity index (χ0) is 15.3. The Labute approximate surface area is 118 Å². The molecule has 0 saturated carbocycles. The molecule has 1 atom stereocenters. The zero-order valence-electron chi connectivity index (χ0n) is 11.4. The van der Waals surface area contributed by atoms with E-state index in [1.165, 1.54) is 6.20 Å². The minimum absolute atomic E-state index is 0.00736. The van der Waals surface area contributed by atoms with E-state index in [9.17, 15) is 14.0 Å². The van der Waals surface area contributed by atoms with Gasteiger partial charge in [0, 0.05) is 13.2 Å². The lowest BCUT2D eigenvalue weighted by Gasteiger charge is -2.28. The van der Waals surface area contributed by atoms with E-state index in [0.29, 0.717) is 5.52 Å². The van der Waals surface area contributed by atoms with Crippen LogP contribution in [0.1, 0.15) is 23.3 Å². The van der Waals surface area contributed by atoms with Crippen molar-refractivity contribution in [3.63, 3.8) is 0 Å². The number of hydrogen-bond donors (Lipinski definition) is 2. The van der Waals surface area contributed by atoms with Crippen LogP contribution in [0.4, 0.5) is 10.1 Å². The Kier molecular flexibility index (Phi) is 2.86. The first-order valence-corrected chi connectivity index (χ1v) is 6.41. The first-order valence-electron chi connectivity index (χ1n) is 6.41. The second kappa shape index (κ2) is 4.47. The molecule has 0 amide bonds. The molecule has 2 heterocycles. The number of aromatic carboxylic acids is 1. The number of carbonyl (C=O) groups is 1. The van der Waals surface area contributed by atoms with Crippen LogP contribution in [0, 0.1) is 5.82 Å².